The maximum atomic E-state index is 11.4. The molecule has 3 heterocycles. The van der Waals surface area contributed by atoms with Gasteiger partial charge in [0.2, 0.25) is 16.0 Å². The molecule has 2 aliphatic rings. The molecule has 0 bridgehead atoms. The van der Waals surface area contributed by atoms with Gasteiger partial charge in [-0.05, 0) is 43.2 Å². The van der Waals surface area contributed by atoms with Crippen molar-refractivity contribution in [2.45, 2.75) is 42.5 Å². The minimum atomic E-state index is -3.73. The summed E-state index contributed by atoms with van der Waals surface area (Å²) in [5, 5.41) is 9.22. The van der Waals surface area contributed by atoms with Crippen LogP contribution in [0.15, 0.2) is 46.4 Å². The Morgan fingerprint density at radius 2 is 1.83 bits per heavy atom. The second-order valence-corrected chi connectivity index (χ2v) is 9.58. The van der Waals surface area contributed by atoms with Crippen LogP contribution in [0.5, 0.6) is 0 Å². The molecule has 3 aromatic rings. The highest BCUT2D eigenvalue weighted by molar-refractivity contribution is 7.89. The van der Waals surface area contributed by atoms with Gasteiger partial charge in [0.15, 0.2) is 0 Å². The summed E-state index contributed by atoms with van der Waals surface area (Å²) < 4.78 is 25.1. The van der Waals surface area contributed by atoms with Crippen molar-refractivity contribution in [2.75, 3.05) is 11.9 Å². The van der Waals surface area contributed by atoms with Gasteiger partial charge in [-0.15, -0.1) is 0 Å². The fraction of sp³-hybridized carbons (Fsp3) is 0.350. The average molecular weight is 426 g/mol. The fourth-order valence-corrected chi connectivity index (χ4v) is 5.07. The number of anilines is 2. The van der Waals surface area contributed by atoms with Gasteiger partial charge >= 0.3 is 0 Å². The zero-order chi connectivity index (χ0) is 20.9. The van der Waals surface area contributed by atoms with Crippen LogP contribution in [0.25, 0.3) is 11.0 Å². The molecule has 1 aromatic carbocycles. The summed E-state index contributed by atoms with van der Waals surface area (Å²) >= 11 is 0. The second kappa shape index (κ2) is 6.78. The Balaban J connectivity index is 1.55. The van der Waals surface area contributed by atoms with E-state index in [9.17, 15) is 8.42 Å². The highest BCUT2D eigenvalue weighted by Gasteiger charge is 2.39. The van der Waals surface area contributed by atoms with Gasteiger partial charge in [0.05, 0.1) is 22.7 Å². The highest BCUT2D eigenvalue weighted by atomic mass is 32.2. The van der Waals surface area contributed by atoms with Gasteiger partial charge in [-0.2, -0.15) is 4.98 Å². The van der Waals surface area contributed by atoms with Crippen LogP contribution in [0, 0.1) is 0 Å². The quantitative estimate of drug-likeness (QED) is 0.587. The number of sulfonamides is 1. The maximum absolute atomic E-state index is 11.4. The molecule has 0 saturated heterocycles. The van der Waals surface area contributed by atoms with E-state index in [0.717, 1.165) is 29.6 Å². The molecule has 1 aliphatic carbocycles. The molecule has 5 N–H and O–H groups in total. The Bertz CT molecular complexity index is 1260. The van der Waals surface area contributed by atoms with E-state index in [2.05, 4.69) is 19.9 Å². The normalized spacial score (nSPS) is 18.2. The van der Waals surface area contributed by atoms with E-state index in [1.165, 1.54) is 31.4 Å². The molecule has 156 valence electrons. The monoisotopic (exact) mass is 425 g/mol. The number of nitrogens with one attached hydrogen (secondary N) is 1. The molecule has 0 atom stereocenters. The molecule has 0 radical (unpaired) electrons. The largest absolute Gasteiger partial charge is 0.382 e. The number of nitrogens with zero attached hydrogens (tertiary/aromatic N) is 4. The number of hydrogen-bond acceptors (Lipinski definition) is 7. The summed E-state index contributed by atoms with van der Waals surface area (Å²) in [6, 6.07) is 8.17. The smallest absolute Gasteiger partial charge is 0.238 e. The molecule has 1 fully saturated rings. The number of primary sulfonamides is 1. The Kier molecular flexibility index (Phi) is 4.30. The third kappa shape index (κ3) is 3.12. The first-order valence-corrected chi connectivity index (χ1v) is 11.5. The van der Waals surface area contributed by atoms with Gasteiger partial charge in [-0.3, -0.25) is 4.99 Å². The van der Waals surface area contributed by atoms with Gasteiger partial charge < -0.3 is 15.6 Å². The van der Waals surface area contributed by atoms with Crippen molar-refractivity contribution in [3.05, 3.63) is 42.2 Å². The van der Waals surface area contributed by atoms with E-state index in [4.69, 9.17) is 15.9 Å². The van der Waals surface area contributed by atoms with Gasteiger partial charge in [-0.25, -0.2) is 18.5 Å². The minimum absolute atomic E-state index is 0.0547. The Morgan fingerprint density at radius 3 is 2.53 bits per heavy atom. The number of aliphatic imine (C=N–C) groups is 1. The fourth-order valence-electron chi connectivity index (χ4n) is 4.55. The zero-order valence-corrected chi connectivity index (χ0v) is 17.2. The third-order valence-electron chi connectivity index (χ3n) is 6.04. The van der Waals surface area contributed by atoms with Crippen LogP contribution < -0.4 is 16.2 Å². The lowest BCUT2D eigenvalue weighted by Gasteiger charge is -2.41. The number of benzene rings is 1. The van der Waals surface area contributed by atoms with Crippen LogP contribution in [-0.2, 0) is 15.6 Å². The molecule has 10 heteroatoms. The number of fused-ring (bicyclic) bond motifs is 4. The molecule has 1 aliphatic heterocycles. The Hall–Kier alpha value is -2.98. The molecule has 30 heavy (non-hydrogen) atoms. The lowest BCUT2D eigenvalue weighted by Crippen LogP contribution is -2.45. The van der Waals surface area contributed by atoms with Crippen LogP contribution in [0.1, 0.15) is 37.8 Å². The molecule has 0 unspecified atom stereocenters. The highest BCUT2D eigenvalue weighted by Crippen LogP contribution is 2.41. The number of hydrogen-bond donors (Lipinski definition) is 3. The molecule has 9 nitrogen and oxygen atoms in total. The molecule has 1 saturated carbocycles. The van der Waals surface area contributed by atoms with E-state index in [-0.39, 0.29) is 10.4 Å². The van der Waals surface area contributed by atoms with E-state index >= 15 is 0 Å². The van der Waals surface area contributed by atoms with Gasteiger partial charge in [0, 0.05) is 17.3 Å². The Labute approximate surface area is 174 Å². The summed E-state index contributed by atoms with van der Waals surface area (Å²) in [4.78, 5) is 13.9. The summed E-state index contributed by atoms with van der Waals surface area (Å²) in [6.07, 6.45) is 7.47. The molecular weight excluding hydrogens is 402 g/mol. The first-order valence-electron chi connectivity index (χ1n) is 9.95. The van der Waals surface area contributed by atoms with Crippen molar-refractivity contribution >= 4 is 38.5 Å². The second-order valence-electron chi connectivity index (χ2n) is 8.02. The van der Waals surface area contributed by atoms with E-state index in [1.54, 1.807) is 18.3 Å². The van der Waals surface area contributed by atoms with Crippen molar-refractivity contribution in [3.8, 4) is 0 Å². The first-order chi connectivity index (χ1) is 14.4. The van der Waals surface area contributed by atoms with Crippen molar-refractivity contribution in [2.24, 2.45) is 15.9 Å². The third-order valence-corrected chi connectivity index (χ3v) is 6.97. The number of aromatic nitrogens is 3. The number of nitrogens with two attached hydrogens (primary N) is 2. The number of rotatable bonds is 3. The predicted molar refractivity (Wildman–Crippen MR) is 115 cm³/mol. The van der Waals surface area contributed by atoms with Gasteiger partial charge in [0.25, 0.3) is 0 Å². The van der Waals surface area contributed by atoms with E-state index < -0.39 is 10.0 Å². The molecule has 2 aromatic heterocycles. The Morgan fingerprint density at radius 1 is 1.10 bits per heavy atom. The van der Waals surface area contributed by atoms with Crippen LogP contribution in [0.3, 0.4) is 0 Å². The summed E-state index contributed by atoms with van der Waals surface area (Å²) in [7, 11) is -3.73. The van der Waals surface area contributed by atoms with Crippen molar-refractivity contribution < 1.29 is 8.42 Å². The van der Waals surface area contributed by atoms with Crippen molar-refractivity contribution in [1.82, 2.24) is 14.5 Å². The molecule has 1 spiro atoms. The van der Waals surface area contributed by atoms with Crippen LogP contribution in [0.4, 0.5) is 11.6 Å². The maximum Gasteiger partial charge on any atom is 0.238 e. The molecule has 0 amide bonds. The van der Waals surface area contributed by atoms with Crippen LogP contribution in [0.2, 0.25) is 0 Å². The topological polar surface area (TPSA) is 141 Å². The predicted octanol–water partition coefficient (Wildman–Crippen LogP) is 2.20. The van der Waals surface area contributed by atoms with Crippen LogP contribution in [-0.4, -0.2) is 35.3 Å². The lowest BCUT2D eigenvalue weighted by molar-refractivity contribution is 0.203. The summed E-state index contributed by atoms with van der Waals surface area (Å²) in [5.41, 5.74) is 8.54. The van der Waals surface area contributed by atoms with E-state index in [0.29, 0.717) is 24.0 Å². The molecule has 5 rings (SSSR count). The first kappa shape index (κ1) is 19.0. The minimum Gasteiger partial charge on any atom is -0.382 e. The van der Waals surface area contributed by atoms with Gasteiger partial charge in [0.1, 0.15) is 11.5 Å². The summed E-state index contributed by atoms with van der Waals surface area (Å²) in [6.45, 7) is 0.678. The van der Waals surface area contributed by atoms with Crippen LogP contribution >= 0.6 is 0 Å². The molecular formula is C20H23N7O2S. The number of amidine groups is 1. The van der Waals surface area contributed by atoms with Crippen molar-refractivity contribution in [3.63, 3.8) is 0 Å². The zero-order valence-electron chi connectivity index (χ0n) is 16.4. The van der Waals surface area contributed by atoms with Crippen molar-refractivity contribution in [1.29, 1.82) is 0 Å². The standard InChI is InChI=1S/C20H23N7O2S/c21-17-16-10-13-11-23-19(25-14-4-6-15(7-5-14)30(22,28)29)26-18(13)27(16)20(12-24-17)8-2-1-3-9-20/h4-7,10-11H,1-3,8-9,12H2,(H2,21,24)(H2,22,28,29)(H,23,25,26). The van der Waals surface area contributed by atoms with E-state index in [1.807, 2.05) is 6.07 Å². The SMILES string of the molecule is NC1=NCC2(CCCCC2)n2c1cc1cnc(Nc3ccc(S(N)(=O)=O)cc3)nc12. The summed E-state index contributed by atoms with van der Waals surface area (Å²) in [5.74, 6) is 0.969. The average Bonchev–Trinajstić information content (AvgIpc) is 3.12. The van der Waals surface area contributed by atoms with Gasteiger partial charge in [-0.1, -0.05) is 19.3 Å². The lowest BCUT2D eigenvalue weighted by atomic mass is 9.80.